The van der Waals surface area contributed by atoms with Gasteiger partial charge in [-0.15, -0.1) is 12.6 Å². The van der Waals surface area contributed by atoms with Gasteiger partial charge in [0.05, 0.1) is 0 Å². The van der Waals surface area contributed by atoms with Crippen molar-refractivity contribution in [2.45, 2.75) is 11.9 Å². The van der Waals surface area contributed by atoms with E-state index in [1.165, 1.54) is 0 Å². The summed E-state index contributed by atoms with van der Waals surface area (Å²) in [5.74, 6) is -1.55. The van der Waals surface area contributed by atoms with Crippen LogP contribution in [0.1, 0.15) is 5.56 Å². The highest BCUT2D eigenvalue weighted by Gasteiger charge is 2.34. The number of fused-ring (bicyclic) bond motifs is 1. The predicted molar refractivity (Wildman–Crippen MR) is 115 cm³/mol. The number of nitrogen functional groups attached to an aromatic ring is 1. The third kappa shape index (κ3) is 3.41. The minimum absolute atomic E-state index is 0.229. The first-order valence-electron chi connectivity index (χ1n) is 8.79. The maximum Gasteiger partial charge on any atom is 0.235 e. The first-order valence-corrected chi connectivity index (χ1v) is 9.68. The molecule has 28 heavy (non-hydrogen) atoms. The molecule has 0 radical (unpaired) electrons. The van der Waals surface area contributed by atoms with Crippen LogP contribution < -0.4 is 16.4 Å². The zero-order valence-electron chi connectivity index (χ0n) is 14.8. The summed E-state index contributed by atoms with van der Waals surface area (Å²) in [4.78, 5) is 24.7. The first kappa shape index (κ1) is 18.7. The summed E-state index contributed by atoms with van der Waals surface area (Å²) in [7, 11) is 0. The molecule has 5 nitrogen and oxygen atoms in total. The summed E-state index contributed by atoms with van der Waals surface area (Å²) in [6.07, 6.45) is 0.229. The monoisotopic (exact) mass is 411 g/mol. The van der Waals surface area contributed by atoms with Crippen molar-refractivity contribution >= 4 is 52.5 Å². The van der Waals surface area contributed by atoms with Gasteiger partial charge in [0, 0.05) is 16.3 Å². The fourth-order valence-electron chi connectivity index (χ4n) is 3.58. The first-order chi connectivity index (χ1) is 13.4. The number of nitrogens with one attached hydrogen (secondary N) is 2. The van der Waals surface area contributed by atoms with Crippen LogP contribution >= 0.6 is 24.2 Å². The van der Waals surface area contributed by atoms with E-state index in [0.29, 0.717) is 10.7 Å². The van der Waals surface area contributed by atoms with Gasteiger partial charge in [-0.05, 0) is 46.5 Å². The van der Waals surface area contributed by atoms with Crippen molar-refractivity contribution in [3.63, 3.8) is 0 Å². The molecule has 3 aromatic carbocycles. The summed E-state index contributed by atoms with van der Waals surface area (Å²) in [6, 6.07) is 17.2. The maximum atomic E-state index is 12.3. The molecule has 7 heteroatoms. The highest BCUT2D eigenvalue weighted by Crippen LogP contribution is 2.38. The van der Waals surface area contributed by atoms with Gasteiger partial charge in [0.15, 0.2) is 0 Å². The van der Waals surface area contributed by atoms with Crippen LogP contribution in [-0.2, 0) is 16.0 Å². The fourth-order valence-corrected chi connectivity index (χ4v) is 4.01. The Kier molecular flexibility index (Phi) is 4.91. The second-order valence-corrected chi connectivity index (χ2v) is 7.68. The SMILES string of the molecule is Nc1ccc2ccccc2c1-c1cc(Cl)ccc1CC1C(=O)NC(S)NC1=O. The van der Waals surface area contributed by atoms with Gasteiger partial charge < -0.3 is 16.4 Å². The molecule has 1 saturated heterocycles. The number of carbonyl (C=O) groups is 2. The number of halogens is 1. The number of thiol groups is 1. The molecule has 1 aliphatic rings. The summed E-state index contributed by atoms with van der Waals surface area (Å²) in [6.45, 7) is 0. The van der Waals surface area contributed by atoms with Crippen LogP contribution in [0.4, 0.5) is 5.69 Å². The zero-order valence-corrected chi connectivity index (χ0v) is 16.4. The number of anilines is 1. The fraction of sp³-hybridized carbons (Fsp3) is 0.143. The molecule has 0 aliphatic carbocycles. The van der Waals surface area contributed by atoms with Crippen molar-refractivity contribution < 1.29 is 9.59 Å². The lowest BCUT2D eigenvalue weighted by Crippen LogP contribution is -2.57. The molecule has 1 fully saturated rings. The highest BCUT2D eigenvalue weighted by atomic mass is 35.5. The van der Waals surface area contributed by atoms with Gasteiger partial charge in [-0.1, -0.05) is 48.0 Å². The molecule has 0 bridgehead atoms. The molecule has 0 aromatic heterocycles. The number of rotatable bonds is 3. The number of amides is 2. The number of nitrogens with two attached hydrogens (primary N) is 1. The van der Waals surface area contributed by atoms with E-state index in [4.69, 9.17) is 17.3 Å². The Labute approximate surface area is 172 Å². The summed E-state index contributed by atoms with van der Waals surface area (Å²) >= 11 is 10.4. The van der Waals surface area contributed by atoms with Crippen LogP contribution in [0.15, 0.2) is 54.6 Å². The quantitative estimate of drug-likeness (QED) is 0.303. The van der Waals surface area contributed by atoms with Gasteiger partial charge in [0.1, 0.15) is 11.4 Å². The van der Waals surface area contributed by atoms with Crippen LogP contribution in [0.3, 0.4) is 0 Å². The summed E-state index contributed by atoms with van der Waals surface area (Å²) < 4.78 is 0. The molecule has 0 unspecified atom stereocenters. The zero-order chi connectivity index (χ0) is 19.8. The molecule has 142 valence electrons. The van der Waals surface area contributed by atoms with E-state index in [1.807, 2.05) is 48.5 Å². The molecule has 0 saturated carbocycles. The Bertz CT molecular complexity index is 1080. The second-order valence-electron chi connectivity index (χ2n) is 6.73. The second kappa shape index (κ2) is 7.37. The summed E-state index contributed by atoms with van der Waals surface area (Å²) in [5.41, 5.74) is 8.75. The van der Waals surface area contributed by atoms with Crippen LogP contribution in [-0.4, -0.2) is 17.3 Å². The van der Waals surface area contributed by atoms with Crippen molar-refractivity contribution in [2.24, 2.45) is 5.92 Å². The minimum Gasteiger partial charge on any atom is -0.398 e. The van der Waals surface area contributed by atoms with E-state index in [0.717, 1.165) is 27.5 Å². The van der Waals surface area contributed by atoms with Gasteiger partial charge >= 0.3 is 0 Å². The standard InChI is InChI=1S/C21H18ClN3O2S/c22-13-7-5-12(9-16-19(26)24-21(28)25-20(16)27)15(10-13)18-14-4-2-1-3-11(14)6-8-17(18)23/h1-8,10,16,21,28H,9,23H2,(H,24,26)(H,25,27). The van der Waals surface area contributed by atoms with Crippen molar-refractivity contribution in [1.29, 1.82) is 0 Å². The third-order valence-electron chi connectivity index (χ3n) is 4.92. The van der Waals surface area contributed by atoms with E-state index < -0.39 is 11.4 Å². The van der Waals surface area contributed by atoms with Gasteiger partial charge in [-0.3, -0.25) is 9.59 Å². The van der Waals surface area contributed by atoms with Gasteiger partial charge in [-0.25, -0.2) is 0 Å². The maximum absolute atomic E-state index is 12.3. The number of hydrogen-bond acceptors (Lipinski definition) is 4. The molecular weight excluding hydrogens is 394 g/mol. The van der Waals surface area contributed by atoms with Crippen LogP contribution in [0.2, 0.25) is 5.02 Å². The predicted octanol–water partition coefficient (Wildman–Crippen LogP) is 3.36. The Balaban J connectivity index is 1.84. The lowest BCUT2D eigenvalue weighted by atomic mass is 9.88. The van der Waals surface area contributed by atoms with Crippen LogP contribution in [0.25, 0.3) is 21.9 Å². The highest BCUT2D eigenvalue weighted by molar-refractivity contribution is 7.80. The number of hydrogen-bond donors (Lipinski definition) is 4. The minimum atomic E-state index is -0.848. The molecule has 1 aliphatic heterocycles. The molecular formula is C21H18ClN3O2S. The Morgan fingerprint density at radius 2 is 1.71 bits per heavy atom. The molecule has 4 rings (SSSR count). The van der Waals surface area contributed by atoms with Crippen LogP contribution in [0, 0.1) is 5.92 Å². The van der Waals surface area contributed by atoms with Gasteiger partial charge in [-0.2, -0.15) is 0 Å². The molecule has 2 amide bonds. The molecule has 3 aromatic rings. The molecule has 0 atom stereocenters. The normalized spacial score (nSPS) is 19.4. The average molecular weight is 412 g/mol. The Morgan fingerprint density at radius 1 is 1.00 bits per heavy atom. The van der Waals surface area contributed by atoms with Gasteiger partial charge in [0.25, 0.3) is 0 Å². The number of benzene rings is 3. The van der Waals surface area contributed by atoms with Crippen molar-refractivity contribution in [2.75, 3.05) is 5.73 Å². The van der Waals surface area contributed by atoms with E-state index in [-0.39, 0.29) is 18.2 Å². The Morgan fingerprint density at radius 3 is 2.46 bits per heavy atom. The average Bonchev–Trinajstić information content (AvgIpc) is 2.65. The van der Waals surface area contributed by atoms with E-state index in [9.17, 15) is 9.59 Å². The topological polar surface area (TPSA) is 84.2 Å². The smallest absolute Gasteiger partial charge is 0.235 e. The van der Waals surface area contributed by atoms with Crippen LogP contribution in [0.5, 0.6) is 0 Å². The molecule has 4 N–H and O–H groups in total. The van der Waals surface area contributed by atoms with Crippen molar-refractivity contribution in [3.8, 4) is 11.1 Å². The summed E-state index contributed by atoms with van der Waals surface area (Å²) in [5, 5.41) is 7.85. The van der Waals surface area contributed by atoms with E-state index in [1.54, 1.807) is 6.07 Å². The lowest BCUT2D eigenvalue weighted by molar-refractivity contribution is -0.138. The largest absolute Gasteiger partial charge is 0.398 e. The van der Waals surface area contributed by atoms with E-state index >= 15 is 0 Å². The molecule has 0 spiro atoms. The van der Waals surface area contributed by atoms with Crippen molar-refractivity contribution in [3.05, 3.63) is 65.2 Å². The third-order valence-corrected chi connectivity index (χ3v) is 5.41. The van der Waals surface area contributed by atoms with Gasteiger partial charge in [0.2, 0.25) is 11.8 Å². The lowest BCUT2D eigenvalue weighted by Gasteiger charge is -2.27. The van der Waals surface area contributed by atoms with E-state index in [2.05, 4.69) is 23.3 Å². The number of carbonyl (C=O) groups excluding carboxylic acids is 2. The van der Waals surface area contributed by atoms with Crippen molar-refractivity contribution in [1.82, 2.24) is 10.6 Å². The molecule has 1 heterocycles. The Hall–Kier alpha value is -2.70.